The van der Waals surface area contributed by atoms with Crippen molar-refractivity contribution >= 4 is 11.7 Å². The summed E-state index contributed by atoms with van der Waals surface area (Å²) in [5.74, 6) is 0.672. The zero-order chi connectivity index (χ0) is 17.4. The summed E-state index contributed by atoms with van der Waals surface area (Å²) >= 11 is 0. The molecule has 136 valence electrons. The van der Waals surface area contributed by atoms with Crippen LogP contribution in [0.4, 0.5) is 0 Å². The van der Waals surface area contributed by atoms with Crippen molar-refractivity contribution in [2.75, 3.05) is 13.2 Å². The van der Waals surface area contributed by atoms with Crippen LogP contribution < -0.4 is 5.32 Å². The number of Topliss-reactive ketones (excluding diaryl/α,β-unsaturated/α-hetero) is 1. The Bertz CT molecular complexity index is 679. The molecule has 5 atom stereocenters. The molecule has 0 bridgehead atoms. The Labute approximate surface area is 148 Å². The lowest BCUT2D eigenvalue weighted by atomic mass is 9.49. The number of allylic oxidation sites excluding steroid dienone is 2. The predicted molar refractivity (Wildman–Crippen MR) is 90.3 cm³/mol. The number of amides is 1. The zero-order valence-corrected chi connectivity index (χ0v) is 15.1. The van der Waals surface area contributed by atoms with Crippen molar-refractivity contribution in [2.45, 2.75) is 58.2 Å². The molecule has 0 aromatic carbocycles. The molecule has 1 N–H and O–H groups in total. The first-order chi connectivity index (χ1) is 11.9. The van der Waals surface area contributed by atoms with Gasteiger partial charge in [0.25, 0.3) is 0 Å². The Morgan fingerprint density at radius 2 is 1.92 bits per heavy atom. The fraction of sp³-hybridized carbons (Fsp3) is 0.800. The fourth-order valence-corrected chi connectivity index (χ4v) is 6.91. The van der Waals surface area contributed by atoms with Gasteiger partial charge in [0.05, 0.1) is 13.2 Å². The van der Waals surface area contributed by atoms with Gasteiger partial charge in [0.2, 0.25) is 5.91 Å². The minimum Gasteiger partial charge on any atom is -0.347 e. The summed E-state index contributed by atoms with van der Waals surface area (Å²) < 4.78 is 12.2. The van der Waals surface area contributed by atoms with E-state index in [1.807, 2.05) is 0 Å². The van der Waals surface area contributed by atoms with E-state index in [4.69, 9.17) is 9.47 Å². The van der Waals surface area contributed by atoms with Crippen LogP contribution in [0, 0.1) is 28.6 Å². The molecule has 5 heteroatoms. The molecule has 0 aromatic heterocycles. The number of hydrogen-bond acceptors (Lipinski definition) is 4. The Kier molecular flexibility index (Phi) is 3.17. The fourth-order valence-electron chi connectivity index (χ4n) is 6.91. The summed E-state index contributed by atoms with van der Waals surface area (Å²) in [4.78, 5) is 25.2. The summed E-state index contributed by atoms with van der Waals surface area (Å²) in [5, 5.41) is 3.05. The largest absolute Gasteiger partial charge is 0.347 e. The molecular weight excluding hydrogens is 318 g/mol. The van der Waals surface area contributed by atoms with E-state index in [-0.39, 0.29) is 22.7 Å². The van der Waals surface area contributed by atoms with Gasteiger partial charge in [0, 0.05) is 41.7 Å². The van der Waals surface area contributed by atoms with E-state index in [0.717, 1.165) is 31.4 Å². The van der Waals surface area contributed by atoms with E-state index in [1.54, 1.807) is 0 Å². The molecule has 1 spiro atoms. The first kappa shape index (κ1) is 16.0. The van der Waals surface area contributed by atoms with Crippen LogP contribution in [0.5, 0.6) is 0 Å². The van der Waals surface area contributed by atoms with Gasteiger partial charge in [-0.05, 0) is 31.1 Å². The maximum absolute atomic E-state index is 13.4. The first-order valence-corrected chi connectivity index (χ1v) is 9.71. The molecule has 2 saturated carbocycles. The second-order valence-corrected chi connectivity index (χ2v) is 9.12. The van der Waals surface area contributed by atoms with Gasteiger partial charge in [-0.2, -0.15) is 0 Å². The van der Waals surface area contributed by atoms with Crippen LogP contribution in [0.15, 0.2) is 11.8 Å². The Balaban J connectivity index is 1.55. The normalized spacial score (nSPS) is 47.8. The molecule has 0 radical (unpaired) electrons. The molecule has 2 aliphatic heterocycles. The van der Waals surface area contributed by atoms with E-state index >= 15 is 0 Å². The number of ketones is 1. The second kappa shape index (κ2) is 4.95. The Hall–Kier alpha value is -1.20. The average molecular weight is 345 g/mol. The highest BCUT2D eigenvalue weighted by Gasteiger charge is 2.68. The molecule has 5 nitrogen and oxygen atoms in total. The third kappa shape index (κ3) is 1.86. The van der Waals surface area contributed by atoms with E-state index in [9.17, 15) is 9.59 Å². The van der Waals surface area contributed by atoms with Crippen LogP contribution in [-0.4, -0.2) is 30.7 Å². The van der Waals surface area contributed by atoms with Crippen LogP contribution in [0.25, 0.3) is 0 Å². The molecule has 0 aromatic rings. The van der Waals surface area contributed by atoms with E-state index in [1.165, 1.54) is 0 Å². The number of ether oxygens (including phenoxy) is 2. The van der Waals surface area contributed by atoms with Crippen LogP contribution in [0.3, 0.4) is 0 Å². The summed E-state index contributed by atoms with van der Waals surface area (Å²) in [5.41, 5.74) is 0.548. The van der Waals surface area contributed by atoms with Crippen molar-refractivity contribution in [1.29, 1.82) is 0 Å². The topological polar surface area (TPSA) is 64.6 Å². The molecule has 1 amide bonds. The van der Waals surface area contributed by atoms with E-state index in [2.05, 4.69) is 25.2 Å². The van der Waals surface area contributed by atoms with Gasteiger partial charge in [-0.25, -0.2) is 0 Å². The van der Waals surface area contributed by atoms with Gasteiger partial charge in [-0.3, -0.25) is 9.59 Å². The Morgan fingerprint density at radius 3 is 2.68 bits per heavy atom. The van der Waals surface area contributed by atoms with Gasteiger partial charge >= 0.3 is 0 Å². The van der Waals surface area contributed by atoms with Crippen LogP contribution in [-0.2, 0) is 19.1 Å². The van der Waals surface area contributed by atoms with Gasteiger partial charge in [-0.15, -0.1) is 0 Å². The Morgan fingerprint density at radius 1 is 1.16 bits per heavy atom. The second-order valence-electron chi connectivity index (χ2n) is 9.12. The molecule has 2 saturated heterocycles. The van der Waals surface area contributed by atoms with Gasteiger partial charge < -0.3 is 14.8 Å². The number of carbonyl (C=O) groups excluding carboxylic acids is 2. The third-order valence-electron chi connectivity index (χ3n) is 8.10. The summed E-state index contributed by atoms with van der Waals surface area (Å²) in [7, 11) is 0. The number of rotatable bonds is 0. The number of fused-ring (bicyclic) bond motifs is 6. The van der Waals surface area contributed by atoms with Crippen LogP contribution in [0.1, 0.15) is 52.4 Å². The van der Waals surface area contributed by atoms with Crippen molar-refractivity contribution in [3.05, 3.63) is 11.8 Å². The van der Waals surface area contributed by atoms with Gasteiger partial charge in [0.15, 0.2) is 5.79 Å². The molecule has 3 aliphatic carbocycles. The van der Waals surface area contributed by atoms with Gasteiger partial charge in [0.1, 0.15) is 5.78 Å². The smallest absolute Gasteiger partial charge is 0.224 e. The van der Waals surface area contributed by atoms with E-state index in [0.29, 0.717) is 43.7 Å². The van der Waals surface area contributed by atoms with Crippen LogP contribution in [0.2, 0.25) is 0 Å². The lowest BCUT2D eigenvalue weighted by Gasteiger charge is -2.56. The number of nitrogens with one attached hydrogen (secondary N) is 1. The molecule has 25 heavy (non-hydrogen) atoms. The number of hydrogen-bond donors (Lipinski definition) is 1. The number of carbonyl (C=O) groups is 2. The quantitative estimate of drug-likeness (QED) is 0.733. The van der Waals surface area contributed by atoms with Gasteiger partial charge in [-0.1, -0.05) is 19.9 Å². The number of piperidine rings is 1. The first-order valence-electron chi connectivity index (χ1n) is 9.71. The van der Waals surface area contributed by atoms with Crippen molar-refractivity contribution in [3.63, 3.8) is 0 Å². The minimum absolute atomic E-state index is 0.0164. The molecule has 4 fully saturated rings. The predicted octanol–water partition coefficient (Wildman–Crippen LogP) is 2.55. The summed E-state index contributed by atoms with van der Waals surface area (Å²) in [6, 6.07) is 0. The SMILES string of the molecule is C[C@]12CCC(=O)NC1=CCC1C2C(=O)C[C@@]2(C)C1CCC21OCCO1. The van der Waals surface area contributed by atoms with Crippen molar-refractivity contribution in [2.24, 2.45) is 28.6 Å². The van der Waals surface area contributed by atoms with Crippen molar-refractivity contribution in [1.82, 2.24) is 5.32 Å². The molecule has 3 unspecified atom stereocenters. The summed E-state index contributed by atoms with van der Waals surface area (Å²) in [6.45, 7) is 5.67. The highest BCUT2D eigenvalue weighted by atomic mass is 16.7. The lowest BCUT2D eigenvalue weighted by molar-refractivity contribution is -0.238. The maximum Gasteiger partial charge on any atom is 0.224 e. The lowest BCUT2D eigenvalue weighted by Crippen LogP contribution is -2.59. The maximum atomic E-state index is 13.4. The van der Waals surface area contributed by atoms with Crippen molar-refractivity contribution < 1.29 is 19.1 Å². The molecule has 5 aliphatic rings. The summed E-state index contributed by atoms with van der Waals surface area (Å²) in [6.07, 6.45) is 6.86. The zero-order valence-electron chi connectivity index (χ0n) is 15.1. The standard InChI is InChI=1S/C20H27NO4/c1-18-7-6-16(23)21-15(18)4-3-12-13-5-8-20(24-9-10-25-20)19(13,2)11-14(22)17(12)18/h4,12-13,17H,3,5-11H2,1-2H3,(H,21,23)/t12?,13?,17?,18-,19-/m0/s1. The molecular formula is C20H27NO4. The third-order valence-corrected chi connectivity index (χ3v) is 8.10. The van der Waals surface area contributed by atoms with E-state index < -0.39 is 5.79 Å². The van der Waals surface area contributed by atoms with Crippen molar-refractivity contribution in [3.8, 4) is 0 Å². The van der Waals surface area contributed by atoms with Crippen LogP contribution >= 0.6 is 0 Å². The average Bonchev–Trinajstić information content (AvgIpc) is 3.15. The molecule has 5 rings (SSSR count). The highest BCUT2D eigenvalue weighted by Crippen LogP contribution is 2.66. The minimum atomic E-state index is -0.552. The monoisotopic (exact) mass is 345 g/mol. The molecule has 2 heterocycles. The highest BCUT2D eigenvalue weighted by molar-refractivity contribution is 5.87.